The highest BCUT2D eigenvalue weighted by atomic mass is 32.3. The van der Waals surface area contributed by atoms with E-state index in [0.29, 0.717) is 0 Å². The second kappa shape index (κ2) is 7.25. The Morgan fingerprint density at radius 1 is 0.333 bits per heavy atom. The van der Waals surface area contributed by atoms with E-state index in [1.54, 1.807) is 0 Å². The molecule has 182 valence electrons. The molecule has 0 fully saturated rings. The first-order valence-corrected chi connectivity index (χ1v) is 11.9. The van der Waals surface area contributed by atoms with E-state index in [2.05, 4.69) is 0 Å². The fraction of sp³-hybridized carbons (Fsp3) is 1.00. The fourth-order valence-electron chi connectivity index (χ4n) is 1.45. The highest BCUT2D eigenvalue weighted by Crippen LogP contribution is 2.46. The van der Waals surface area contributed by atoms with Crippen LogP contribution < -0.4 is 0 Å². The molecular weight excluding hydrogens is 556 g/mol. The van der Waals surface area contributed by atoms with Gasteiger partial charge in [0.2, 0.25) is 9.16 Å². The summed E-state index contributed by atoms with van der Waals surface area (Å²) in [6.45, 7) is 0. The van der Waals surface area contributed by atoms with Gasteiger partial charge in [-0.1, -0.05) is 0 Å². The summed E-state index contributed by atoms with van der Waals surface area (Å²) in [5, 5.41) is 0. The number of rotatable bonds is 5. The SMILES string of the molecule is O=S(=O)(C(C(S(=O)(=O)C(F)(F)F)S(=O)(=O)C(F)(F)F)S(=O)(=O)C(F)(F)F)C(F)(F)F. The van der Waals surface area contributed by atoms with Crippen LogP contribution in [0.1, 0.15) is 0 Å². The lowest BCUT2D eigenvalue weighted by Crippen LogP contribution is -2.60. The number of alkyl halides is 12. The van der Waals surface area contributed by atoms with Gasteiger partial charge in [0.1, 0.15) is 0 Å². The molecule has 30 heavy (non-hydrogen) atoms. The van der Waals surface area contributed by atoms with Crippen LogP contribution in [0.5, 0.6) is 0 Å². The first kappa shape index (κ1) is 29.0. The first-order chi connectivity index (χ1) is 12.5. The van der Waals surface area contributed by atoms with Gasteiger partial charge in [0, 0.05) is 0 Å². The second-order valence-corrected chi connectivity index (χ2v) is 13.5. The van der Waals surface area contributed by atoms with E-state index >= 15 is 0 Å². The molecule has 0 bridgehead atoms. The van der Waals surface area contributed by atoms with E-state index in [4.69, 9.17) is 0 Å². The topological polar surface area (TPSA) is 137 Å². The Bertz CT molecular complexity index is 905. The second-order valence-electron chi connectivity index (χ2n) is 4.70. The van der Waals surface area contributed by atoms with Crippen LogP contribution in [0.4, 0.5) is 52.7 Å². The van der Waals surface area contributed by atoms with Crippen molar-refractivity contribution in [3.8, 4) is 0 Å². The summed E-state index contributed by atoms with van der Waals surface area (Å²) in [6.07, 6.45) is 0. The Hall–Kier alpha value is -1.04. The maximum atomic E-state index is 12.6. The van der Waals surface area contributed by atoms with Crippen LogP contribution >= 0.6 is 0 Å². The quantitative estimate of drug-likeness (QED) is 0.462. The van der Waals surface area contributed by atoms with E-state index in [1.165, 1.54) is 0 Å². The van der Waals surface area contributed by atoms with Crippen LogP contribution in [0, 0.1) is 0 Å². The monoisotopic (exact) mass is 558 g/mol. The minimum absolute atomic E-state index is 6.37. The van der Waals surface area contributed by atoms with E-state index in [1.807, 2.05) is 0 Å². The highest BCUT2D eigenvalue weighted by molar-refractivity contribution is 8.16. The summed E-state index contributed by atoms with van der Waals surface area (Å²) in [5.74, 6) is 0. The van der Waals surface area contributed by atoms with Crippen molar-refractivity contribution in [2.75, 3.05) is 0 Å². The van der Waals surface area contributed by atoms with Crippen LogP contribution in [0.15, 0.2) is 0 Å². The molecule has 0 aliphatic rings. The zero-order valence-corrected chi connectivity index (χ0v) is 15.9. The molecule has 0 saturated carbocycles. The van der Waals surface area contributed by atoms with Gasteiger partial charge in [-0.15, -0.1) is 0 Å². The molecule has 0 N–H and O–H groups in total. The van der Waals surface area contributed by atoms with Crippen LogP contribution in [0.3, 0.4) is 0 Å². The molecule has 0 spiro atoms. The smallest absolute Gasteiger partial charge is 0.218 e. The molecule has 0 amide bonds. The lowest BCUT2D eigenvalue weighted by molar-refractivity contribution is -0.0512. The van der Waals surface area contributed by atoms with E-state index in [-0.39, 0.29) is 0 Å². The molecule has 0 unspecified atom stereocenters. The molecule has 0 aromatic heterocycles. The molecule has 0 aromatic rings. The third-order valence-electron chi connectivity index (χ3n) is 2.74. The molecule has 0 aromatic carbocycles. The molecule has 0 atom stereocenters. The Morgan fingerprint density at radius 3 is 0.500 bits per heavy atom. The van der Waals surface area contributed by atoms with Crippen molar-refractivity contribution in [1.82, 2.24) is 0 Å². The molecule has 0 aliphatic heterocycles. The van der Waals surface area contributed by atoms with Gasteiger partial charge in [0.05, 0.1) is 0 Å². The van der Waals surface area contributed by atoms with Crippen molar-refractivity contribution < 1.29 is 86.4 Å². The summed E-state index contributed by atoms with van der Waals surface area (Å²) in [4.78, 5) is 0. The Morgan fingerprint density at radius 2 is 0.433 bits per heavy atom. The molecule has 0 saturated heterocycles. The Kier molecular flexibility index (Phi) is 6.99. The van der Waals surface area contributed by atoms with Gasteiger partial charge in [-0.25, -0.2) is 33.7 Å². The maximum Gasteiger partial charge on any atom is 0.498 e. The van der Waals surface area contributed by atoms with Crippen LogP contribution in [-0.2, 0) is 39.3 Å². The van der Waals surface area contributed by atoms with Gasteiger partial charge in [-0.3, -0.25) is 0 Å². The number of sulfone groups is 4. The van der Waals surface area contributed by atoms with Crippen molar-refractivity contribution in [2.45, 2.75) is 31.2 Å². The summed E-state index contributed by atoms with van der Waals surface area (Å²) < 4.78 is 227. The lowest BCUT2D eigenvalue weighted by atomic mass is 10.9. The van der Waals surface area contributed by atoms with Crippen LogP contribution in [0.2, 0.25) is 0 Å². The highest BCUT2D eigenvalue weighted by Gasteiger charge is 2.76. The third kappa shape index (κ3) is 4.58. The largest absolute Gasteiger partial charge is 0.498 e. The number of hydrogen-bond acceptors (Lipinski definition) is 8. The van der Waals surface area contributed by atoms with E-state index in [0.717, 1.165) is 0 Å². The normalized spacial score (nSPS) is 16.3. The number of halogens is 12. The van der Waals surface area contributed by atoms with Gasteiger partial charge in [0.15, 0.2) is 0 Å². The standard InChI is InChI=1S/C6H2F12O8S4/c7-3(8,9)27(19,20)1(28(21,22)4(10,11)12)2(29(23,24)5(13,14)15)30(25,26)6(16,17)18/h1-2H. The predicted octanol–water partition coefficient (Wildman–Crippen LogP) is 1.38. The summed E-state index contributed by atoms with van der Waals surface area (Å²) >= 11 is 0. The molecule has 0 aliphatic carbocycles. The van der Waals surface area contributed by atoms with E-state index in [9.17, 15) is 86.4 Å². The van der Waals surface area contributed by atoms with E-state index < -0.39 is 70.5 Å². The fourth-order valence-corrected chi connectivity index (χ4v) is 11.2. The van der Waals surface area contributed by atoms with Crippen molar-refractivity contribution >= 4 is 39.3 Å². The van der Waals surface area contributed by atoms with Gasteiger partial charge in [-0.05, 0) is 0 Å². The van der Waals surface area contributed by atoms with Crippen LogP contribution in [0.25, 0.3) is 0 Å². The van der Waals surface area contributed by atoms with Gasteiger partial charge >= 0.3 is 22.0 Å². The molecule has 0 radical (unpaired) electrons. The summed E-state index contributed by atoms with van der Waals surface area (Å²) in [6, 6.07) is 0. The molecule has 24 heteroatoms. The van der Waals surface area contributed by atoms with Crippen molar-refractivity contribution in [1.29, 1.82) is 0 Å². The summed E-state index contributed by atoms with van der Waals surface area (Å²) in [7, 11) is -34.1. The molecule has 8 nitrogen and oxygen atoms in total. The summed E-state index contributed by atoms with van der Waals surface area (Å²) in [5.41, 5.74) is -29.8. The van der Waals surface area contributed by atoms with Gasteiger partial charge in [-0.2, -0.15) is 52.7 Å². The Labute approximate surface area is 157 Å². The lowest BCUT2D eigenvalue weighted by Gasteiger charge is -2.28. The zero-order valence-electron chi connectivity index (χ0n) is 12.6. The van der Waals surface area contributed by atoms with Crippen molar-refractivity contribution in [2.24, 2.45) is 0 Å². The minimum atomic E-state index is -8.53. The average Bonchev–Trinajstić information content (AvgIpc) is 2.38. The number of hydrogen-bond donors (Lipinski definition) is 0. The molecular formula is C6H2F12O8S4. The van der Waals surface area contributed by atoms with Crippen molar-refractivity contribution in [3.05, 3.63) is 0 Å². The third-order valence-corrected chi connectivity index (χ3v) is 12.6. The zero-order chi connectivity index (χ0) is 25.2. The average molecular weight is 558 g/mol. The van der Waals surface area contributed by atoms with Crippen molar-refractivity contribution in [3.63, 3.8) is 0 Å². The molecule has 0 rings (SSSR count). The Balaban J connectivity index is 8.07. The molecule has 0 heterocycles. The maximum absolute atomic E-state index is 12.6. The minimum Gasteiger partial charge on any atom is -0.218 e. The first-order valence-electron chi connectivity index (χ1n) is 5.69. The predicted molar refractivity (Wildman–Crippen MR) is 67.5 cm³/mol. The van der Waals surface area contributed by atoms with Crippen LogP contribution in [-0.4, -0.2) is 64.9 Å². The van der Waals surface area contributed by atoms with Gasteiger partial charge in [0.25, 0.3) is 39.3 Å². The van der Waals surface area contributed by atoms with Gasteiger partial charge < -0.3 is 0 Å².